The number of hydrogen-bond acceptors (Lipinski definition) is 2. The molecule has 0 amide bonds. The molecule has 1 N–H and O–H groups in total. The molecule has 112 valence electrons. The molecule has 0 radical (unpaired) electrons. The van der Waals surface area contributed by atoms with Crippen LogP contribution in [-0.4, -0.2) is 28.1 Å². The molecule has 1 aromatic heterocycles. The van der Waals surface area contributed by atoms with Gasteiger partial charge in [-0.15, -0.1) is 0 Å². The van der Waals surface area contributed by atoms with E-state index in [1.54, 1.807) is 0 Å². The van der Waals surface area contributed by atoms with Crippen LogP contribution in [-0.2, 0) is 0 Å². The zero-order valence-electron chi connectivity index (χ0n) is 12.8. The Morgan fingerprint density at radius 2 is 1.73 bits per heavy atom. The number of hydrogen-bond donors (Lipinski definition) is 1. The summed E-state index contributed by atoms with van der Waals surface area (Å²) in [6, 6.07) is 16.5. The summed E-state index contributed by atoms with van der Waals surface area (Å²) in [5.74, 6) is 0. The van der Waals surface area contributed by atoms with Crippen molar-refractivity contribution >= 4 is 44.8 Å². The lowest BCUT2D eigenvalue weighted by atomic mass is 10.1. The van der Waals surface area contributed by atoms with Crippen LogP contribution in [0.5, 0.6) is 0 Å². The molecule has 0 saturated carbocycles. The minimum atomic E-state index is 0.755. The Labute approximate surface area is 136 Å². The highest BCUT2D eigenvalue weighted by Gasteiger charge is 2.06. The first-order valence-electron chi connectivity index (χ1n) is 7.56. The van der Waals surface area contributed by atoms with Gasteiger partial charge < -0.3 is 10.2 Å². The lowest BCUT2D eigenvalue weighted by molar-refractivity contribution is 0.473. The minimum absolute atomic E-state index is 0.755. The molecule has 3 rings (SSSR count). The Morgan fingerprint density at radius 1 is 1.00 bits per heavy atom. The molecule has 0 aliphatic heterocycles. The fourth-order valence-corrected chi connectivity index (χ4v) is 2.94. The molecule has 0 bridgehead atoms. The van der Waals surface area contributed by atoms with E-state index in [4.69, 9.17) is 17.2 Å². The highest BCUT2D eigenvalue weighted by Crippen LogP contribution is 2.22. The molecule has 22 heavy (non-hydrogen) atoms. The summed E-state index contributed by atoms with van der Waals surface area (Å²) in [7, 11) is 0. The van der Waals surface area contributed by atoms with Crippen molar-refractivity contribution in [1.82, 2.24) is 9.88 Å². The number of rotatable bonds is 3. The van der Waals surface area contributed by atoms with E-state index in [1.807, 2.05) is 18.2 Å². The lowest BCUT2D eigenvalue weighted by Gasteiger charge is -2.22. The van der Waals surface area contributed by atoms with E-state index in [1.165, 1.54) is 0 Å². The van der Waals surface area contributed by atoms with Crippen LogP contribution in [0.15, 0.2) is 48.5 Å². The molecule has 0 aliphatic carbocycles. The van der Waals surface area contributed by atoms with Gasteiger partial charge in [0, 0.05) is 29.5 Å². The van der Waals surface area contributed by atoms with Gasteiger partial charge in [0.25, 0.3) is 0 Å². The maximum Gasteiger partial charge on any atom is 0.173 e. The number of pyridine rings is 1. The van der Waals surface area contributed by atoms with Crippen LogP contribution < -0.4 is 5.32 Å². The topological polar surface area (TPSA) is 28.2 Å². The van der Waals surface area contributed by atoms with Crippen LogP contribution >= 0.6 is 12.2 Å². The van der Waals surface area contributed by atoms with Crippen molar-refractivity contribution in [3.63, 3.8) is 0 Å². The number of para-hydroxylation sites is 1. The Hall–Kier alpha value is -2.20. The first-order valence-corrected chi connectivity index (χ1v) is 7.97. The predicted molar refractivity (Wildman–Crippen MR) is 98.4 cm³/mol. The number of anilines is 1. The number of aromatic nitrogens is 1. The zero-order valence-corrected chi connectivity index (χ0v) is 13.7. The Kier molecular flexibility index (Phi) is 4.20. The molecular formula is C18H19N3S. The SMILES string of the molecule is CCN(CC)C(=S)Nc1ccc2cc3ccccc3nc2c1. The second-order valence-electron chi connectivity index (χ2n) is 5.19. The average molecular weight is 309 g/mol. The van der Waals surface area contributed by atoms with Crippen LogP contribution in [0.3, 0.4) is 0 Å². The summed E-state index contributed by atoms with van der Waals surface area (Å²) in [4.78, 5) is 6.85. The van der Waals surface area contributed by atoms with Crippen LogP contribution in [0.25, 0.3) is 21.8 Å². The quantitative estimate of drug-likeness (QED) is 0.572. The van der Waals surface area contributed by atoms with Gasteiger partial charge in [-0.25, -0.2) is 4.98 Å². The smallest absolute Gasteiger partial charge is 0.173 e. The monoisotopic (exact) mass is 309 g/mol. The molecule has 1 heterocycles. The van der Waals surface area contributed by atoms with Gasteiger partial charge in [0.1, 0.15) is 0 Å². The molecule has 0 fully saturated rings. The van der Waals surface area contributed by atoms with Gasteiger partial charge in [-0.2, -0.15) is 0 Å². The van der Waals surface area contributed by atoms with Crippen molar-refractivity contribution < 1.29 is 0 Å². The van der Waals surface area contributed by atoms with Crippen molar-refractivity contribution in [2.24, 2.45) is 0 Å². The van der Waals surface area contributed by atoms with E-state index in [2.05, 4.69) is 54.4 Å². The molecule has 3 nitrogen and oxygen atoms in total. The molecule has 0 aliphatic rings. The largest absolute Gasteiger partial charge is 0.350 e. The van der Waals surface area contributed by atoms with E-state index in [-0.39, 0.29) is 0 Å². The molecule has 3 aromatic rings. The second-order valence-corrected chi connectivity index (χ2v) is 5.58. The fraction of sp³-hybridized carbons (Fsp3) is 0.222. The third-order valence-corrected chi connectivity index (χ3v) is 4.18. The molecule has 0 unspecified atom stereocenters. The van der Waals surface area contributed by atoms with Crippen molar-refractivity contribution in [1.29, 1.82) is 0 Å². The van der Waals surface area contributed by atoms with E-state index in [0.717, 1.165) is 45.7 Å². The predicted octanol–water partition coefficient (Wildman–Crippen LogP) is 4.43. The van der Waals surface area contributed by atoms with E-state index >= 15 is 0 Å². The molecule has 4 heteroatoms. The number of fused-ring (bicyclic) bond motifs is 2. The van der Waals surface area contributed by atoms with Gasteiger partial charge in [-0.1, -0.05) is 24.3 Å². The van der Waals surface area contributed by atoms with Crippen molar-refractivity contribution in [2.75, 3.05) is 18.4 Å². The van der Waals surface area contributed by atoms with E-state index in [0.29, 0.717) is 0 Å². The Morgan fingerprint density at radius 3 is 2.50 bits per heavy atom. The number of thiocarbonyl (C=S) groups is 1. The molecule has 0 saturated heterocycles. The Balaban J connectivity index is 1.95. The zero-order chi connectivity index (χ0) is 15.5. The van der Waals surface area contributed by atoms with Crippen molar-refractivity contribution in [3.8, 4) is 0 Å². The maximum atomic E-state index is 5.45. The average Bonchev–Trinajstić information content (AvgIpc) is 2.54. The summed E-state index contributed by atoms with van der Waals surface area (Å²) < 4.78 is 0. The van der Waals surface area contributed by atoms with Gasteiger partial charge in [0.05, 0.1) is 11.0 Å². The first-order chi connectivity index (χ1) is 10.7. The standard InChI is InChI=1S/C18H19N3S/c1-3-21(4-2)18(22)19-15-10-9-14-11-13-7-5-6-8-16(13)20-17(14)12-15/h5-12H,3-4H2,1-2H3,(H,19,22). The molecule has 2 aromatic carbocycles. The maximum absolute atomic E-state index is 5.45. The van der Waals surface area contributed by atoms with Crippen molar-refractivity contribution in [3.05, 3.63) is 48.5 Å². The number of nitrogens with zero attached hydrogens (tertiary/aromatic N) is 2. The van der Waals surface area contributed by atoms with Gasteiger partial charge in [-0.3, -0.25) is 0 Å². The third kappa shape index (κ3) is 2.88. The summed E-state index contributed by atoms with van der Waals surface area (Å²) >= 11 is 5.45. The van der Waals surface area contributed by atoms with Crippen molar-refractivity contribution in [2.45, 2.75) is 13.8 Å². The minimum Gasteiger partial charge on any atom is -0.350 e. The van der Waals surface area contributed by atoms with Crippen LogP contribution in [0.4, 0.5) is 5.69 Å². The molecule has 0 atom stereocenters. The van der Waals surface area contributed by atoms with Gasteiger partial charge >= 0.3 is 0 Å². The fourth-order valence-electron chi connectivity index (χ4n) is 2.56. The highest BCUT2D eigenvalue weighted by molar-refractivity contribution is 7.80. The molecular weight excluding hydrogens is 290 g/mol. The lowest BCUT2D eigenvalue weighted by Crippen LogP contribution is -2.34. The summed E-state index contributed by atoms with van der Waals surface area (Å²) in [5.41, 5.74) is 2.97. The van der Waals surface area contributed by atoms with Crippen LogP contribution in [0.2, 0.25) is 0 Å². The Bertz CT molecular complexity index is 825. The second kappa shape index (κ2) is 6.28. The van der Waals surface area contributed by atoms with E-state index < -0.39 is 0 Å². The highest BCUT2D eigenvalue weighted by atomic mass is 32.1. The van der Waals surface area contributed by atoms with Gasteiger partial charge in [0.15, 0.2) is 5.11 Å². The first kappa shape index (κ1) is 14.7. The van der Waals surface area contributed by atoms with Crippen LogP contribution in [0, 0.1) is 0 Å². The summed E-state index contributed by atoms with van der Waals surface area (Å²) in [6.07, 6.45) is 0. The molecule has 0 spiro atoms. The normalized spacial score (nSPS) is 10.8. The summed E-state index contributed by atoms with van der Waals surface area (Å²) in [5, 5.41) is 6.35. The number of benzene rings is 2. The van der Waals surface area contributed by atoms with Gasteiger partial charge in [-0.05, 0) is 50.3 Å². The van der Waals surface area contributed by atoms with E-state index in [9.17, 15) is 0 Å². The van der Waals surface area contributed by atoms with Gasteiger partial charge in [0.2, 0.25) is 0 Å². The third-order valence-electron chi connectivity index (χ3n) is 3.82. The summed E-state index contributed by atoms with van der Waals surface area (Å²) in [6.45, 7) is 6.01. The number of nitrogens with one attached hydrogen (secondary N) is 1. The van der Waals surface area contributed by atoms with Crippen LogP contribution in [0.1, 0.15) is 13.8 Å².